The van der Waals surface area contributed by atoms with E-state index in [-0.39, 0.29) is 12.0 Å². The highest BCUT2D eigenvalue weighted by Gasteiger charge is 2.42. The van der Waals surface area contributed by atoms with E-state index in [0.717, 1.165) is 5.56 Å². The molecule has 0 heterocycles. The van der Waals surface area contributed by atoms with Gasteiger partial charge in [0.15, 0.2) is 0 Å². The largest absolute Gasteiger partial charge is 0.277 e. The third-order valence-electron chi connectivity index (χ3n) is 1.76. The highest BCUT2D eigenvalue weighted by Crippen LogP contribution is 2.43. The molecule has 0 amide bonds. The molecular weight excluding hydrogens is 134 g/mol. The van der Waals surface area contributed by atoms with Crippen LogP contribution in [0.2, 0.25) is 0 Å². The Balaban J connectivity index is 2.53. The SMILES string of the molecule is FC1(F)Cc2c[c]ccc21. The maximum absolute atomic E-state index is 12.5. The Labute approximate surface area is 57.5 Å². The number of benzene rings is 1. The Morgan fingerprint density at radius 1 is 1.50 bits per heavy atom. The quantitative estimate of drug-likeness (QED) is 0.516. The van der Waals surface area contributed by atoms with Gasteiger partial charge in [0.25, 0.3) is 5.92 Å². The molecule has 0 N–H and O–H groups in total. The van der Waals surface area contributed by atoms with Crippen LogP contribution in [0.4, 0.5) is 8.78 Å². The van der Waals surface area contributed by atoms with Crippen LogP contribution in [-0.4, -0.2) is 0 Å². The van der Waals surface area contributed by atoms with E-state index in [0.29, 0.717) is 0 Å². The summed E-state index contributed by atoms with van der Waals surface area (Å²) < 4.78 is 25.0. The van der Waals surface area contributed by atoms with Gasteiger partial charge in [-0.1, -0.05) is 18.2 Å². The fourth-order valence-electron chi connectivity index (χ4n) is 1.20. The molecular formula is C8H5F2. The van der Waals surface area contributed by atoms with E-state index in [9.17, 15) is 8.78 Å². The van der Waals surface area contributed by atoms with E-state index in [1.54, 1.807) is 6.07 Å². The summed E-state index contributed by atoms with van der Waals surface area (Å²) in [5, 5.41) is 0. The second-order valence-electron chi connectivity index (χ2n) is 2.46. The summed E-state index contributed by atoms with van der Waals surface area (Å²) in [6.07, 6.45) is -0.111. The predicted octanol–water partition coefficient (Wildman–Crippen LogP) is 2.13. The zero-order valence-electron chi connectivity index (χ0n) is 5.20. The molecule has 0 aliphatic heterocycles. The van der Waals surface area contributed by atoms with Crippen molar-refractivity contribution in [3.8, 4) is 0 Å². The van der Waals surface area contributed by atoms with Gasteiger partial charge in [0.05, 0.1) is 0 Å². The van der Waals surface area contributed by atoms with Gasteiger partial charge in [-0.15, -0.1) is 0 Å². The summed E-state index contributed by atoms with van der Waals surface area (Å²) in [7, 11) is 0. The monoisotopic (exact) mass is 139 g/mol. The Morgan fingerprint density at radius 2 is 2.30 bits per heavy atom. The van der Waals surface area contributed by atoms with Crippen molar-refractivity contribution in [1.29, 1.82) is 0 Å². The molecule has 0 saturated carbocycles. The Bertz CT molecular complexity index is 266. The maximum Gasteiger partial charge on any atom is 0.277 e. The van der Waals surface area contributed by atoms with E-state index < -0.39 is 5.92 Å². The fourth-order valence-corrected chi connectivity index (χ4v) is 1.20. The Hall–Kier alpha value is -0.920. The molecule has 0 saturated heterocycles. The third kappa shape index (κ3) is 0.589. The second-order valence-corrected chi connectivity index (χ2v) is 2.46. The van der Waals surface area contributed by atoms with Gasteiger partial charge < -0.3 is 0 Å². The summed E-state index contributed by atoms with van der Waals surface area (Å²) in [5.41, 5.74) is 0.902. The van der Waals surface area contributed by atoms with Crippen LogP contribution in [-0.2, 0) is 12.3 Å². The third-order valence-corrected chi connectivity index (χ3v) is 1.76. The molecule has 10 heavy (non-hydrogen) atoms. The van der Waals surface area contributed by atoms with E-state index in [1.165, 1.54) is 12.1 Å². The molecule has 1 radical (unpaired) electrons. The molecule has 2 rings (SSSR count). The first-order chi connectivity index (χ1) is 4.70. The number of hydrogen-bond acceptors (Lipinski definition) is 0. The smallest absolute Gasteiger partial charge is 0.201 e. The molecule has 1 aromatic rings. The molecule has 0 spiro atoms. The molecule has 0 fully saturated rings. The zero-order valence-corrected chi connectivity index (χ0v) is 5.20. The molecule has 0 nitrogen and oxygen atoms in total. The lowest BCUT2D eigenvalue weighted by atomic mass is 9.85. The van der Waals surface area contributed by atoms with Gasteiger partial charge >= 0.3 is 0 Å². The van der Waals surface area contributed by atoms with Crippen molar-refractivity contribution >= 4 is 0 Å². The average Bonchev–Trinajstić information content (AvgIpc) is 1.86. The van der Waals surface area contributed by atoms with Crippen LogP contribution >= 0.6 is 0 Å². The van der Waals surface area contributed by atoms with Crippen molar-refractivity contribution in [3.05, 3.63) is 35.4 Å². The normalized spacial score (nSPS) is 19.4. The lowest BCUT2D eigenvalue weighted by molar-refractivity contribution is -0.0287. The molecule has 2 heteroatoms. The molecule has 1 aliphatic rings. The minimum absolute atomic E-state index is 0.111. The first kappa shape index (κ1) is 5.83. The van der Waals surface area contributed by atoms with Gasteiger partial charge in [0.1, 0.15) is 0 Å². The highest BCUT2D eigenvalue weighted by molar-refractivity contribution is 5.39. The minimum atomic E-state index is -2.57. The molecule has 1 aliphatic carbocycles. The van der Waals surface area contributed by atoms with Crippen LogP contribution in [0.25, 0.3) is 0 Å². The molecule has 51 valence electrons. The van der Waals surface area contributed by atoms with Gasteiger partial charge in [-0.2, -0.15) is 0 Å². The van der Waals surface area contributed by atoms with Crippen LogP contribution in [0.15, 0.2) is 18.2 Å². The van der Waals surface area contributed by atoms with Crippen molar-refractivity contribution in [3.63, 3.8) is 0 Å². The molecule has 0 bridgehead atoms. The van der Waals surface area contributed by atoms with Crippen LogP contribution in [0.1, 0.15) is 11.1 Å². The van der Waals surface area contributed by atoms with Crippen LogP contribution in [0.5, 0.6) is 0 Å². The maximum atomic E-state index is 12.5. The molecule has 0 aromatic heterocycles. The second kappa shape index (κ2) is 1.57. The first-order valence-corrected chi connectivity index (χ1v) is 3.07. The summed E-state index contributed by atoms with van der Waals surface area (Å²) in [5.74, 6) is -2.57. The zero-order chi connectivity index (χ0) is 7.19. The van der Waals surface area contributed by atoms with Gasteiger partial charge in [0.2, 0.25) is 0 Å². The van der Waals surface area contributed by atoms with E-state index in [2.05, 4.69) is 6.07 Å². The lowest BCUT2D eigenvalue weighted by Crippen LogP contribution is -2.29. The van der Waals surface area contributed by atoms with Crippen molar-refractivity contribution in [1.82, 2.24) is 0 Å². The number of rotatable bonds is 0. The van der Waals surface area contributed by atoms with Gasteiger partial charge in [-0.3, -0.25) is 0 Å². The molecule has 0 unspecified atom stereocenters. The number of halogens is 2. The summed E-state index contributed by atoms with van der Waals surface area (Å²) in [6, 6.07) is 7.32. The van der Waals surface area contributed by atoms with Gasteiger partial charge in [-0.25, -0.2) is 8.78 Å². The van der Waals surface area contributed by atoms with Crippen molar-refractivity contribution in [2.24, 2.45) is 0 Å². The predicted molar refractivity (Wildman–Crippen MR) is 32.9 cm³/mol. The summed E-state index contributed by atoms with van der Waals surface area (Å²) >= 11 is 0. The average molecular weight is 139 g/mol. The van der Waals surface area contributed by atoms with Crippen LogP contribution in [0, 0.1) is 6.07 Å². The van der Waals surface area contributed by atoms with Crippen molar-refractivity contribution < 1.29 is 8.78 Å². The number of hydrogen-bond donors (Lipinski definition) is 0. The van der Waals surface area contributed by atoms with Gasteiger partial charge in [-0.05, 0) is 11.6 Å². The number of alkyl halides is 2. The van der Waals surface area contributed by atoms with E-state index >= 15 is 0 Å². The lowest BCUT2D eigenvalue weighted by Gasteiger charge is -2.28. The standard InChI is InChI=1S/C8H5F2/c9-8(10)5-6-3-1-2-4-7(6)8/h2-4H,5H2. The van der Waals surface area contributed by atoms with Crippen LogP contribution in [0.3, 0.4) is 0 Å². The first-order valence-electron chi connectivity index (χ1n) is 3.07. The Morgan fingerprint density at radius 3 is 2.80 bits per heavy atom. The summed E-state index contributed by atoms with van der Waals surface area (Å²) in [6.45, 7) is 0. The topological polar surface area (TPSA) is 0 Å². The van der Waals surface area contributed by atoms with Crippen molar-refractivity contribution in [2.75, 3.05) is 0 Å². The number of fused-ring (bicyclic) bond motifs is 1. The Kier molecular flexibility index (Phi) is 0.914. The fraction of sp³-hybridized carbons (Fsp3) is 0.250. The van der Waals surface area contributed by atoms with E-state index in [1.807, 2.05) is 0 Å². The van der Waals surface area contributed by atoms with Gasteiger partial charge in [0, 0.05) is 12.0 Å². The molecule has 1 aromatic carbocycles. The minimum Gasteiger partial charge on any atom is -0.201 e. The highest BCUT2D eigenvalue weighted by atomic mass is 19.3. The summed E-state index contributed by atoms with van der Waals surface area (Å²) in [4.78, 5) is 0. The van der Waals surface area contributed by atoms with Crippen molar-refractivity contribution in [2.45, 2.75) is 12.3 Å². The molecule has 0 atom stereocenters. The van der Waals surface area contributed by atoms with Crippen LogP contribution < -0.4 is 0 Å². The van der Waals surface area contributed by atoms with E-state index in [4.69, 9.17) is 0 Å².